The fourth-order valence-electron chi connectivity index (χ4n) is 3.04. The summed E-state index contributed by atoms with van der Waals surface area (Å²) in [5.41, 5.74) is 0.292. The van der Waals surface area contributed by atoms with Gasteiger partial charge in [-0.1, -0.05) is 17.7 Å². The molecule has 1 aliphatic heterocycles. The van der Waals surface area contributed by atoms with Crippen molar-refractivity contribution >= 4 is 33.0 Å². The smallest absolute Gasteiger partial charge is 0.293 e. The van der Waals surface area contributed by atoms with E-state index in [-0.39, 0.29) is 47.6 Å². The van der Waals surface area contributed by atoms with E-state index in [4.69, 9.17) is 16.3 Å². The Morgan fingerprint density at radius 2 is 1.93 bits per heavy atom. The van der Waals surface area contributed by atoms with E-state index in [1.807, 2.05) is 0 Å². The largest absolute Gasteiger partial charge is 0.379 e. The average molecular weight is 444 g/mol. The maximum atomic E-state index is 13.3. The van der Waals surface area contributed by atoms with Crippen LogP contribution in [-0.4, -0.2) is 43.9 Å². The number of ether oxygens (including phenoxy) is 1. The number of nitrogens with zero attached hydrogens (tertiary/aromatic N) is 2. The Morgan fingerprint density at radius 3 is 2.55 bits per heavy atom. The fraction of sp³-hybridized carbons (Fsp3) is 0.333. The zero-order valence-corrected chi connectivity index (χ0v) is 17.0. The molecule has 8 nitrogen and oxygen atoms in total. The van der Waals surface area contributed by atoms with Crippen molar-refractivity contribution in [1.29, 1.82) is 0 Å². The molecule has 11 heteroatoms. The summed E-state index contributed by atoms with van der Waals surface area (Å²) in [4.78, 5) is 10.8. The summed E-state index contributed by atoms with van der Waals surface area (Å²) in [7, 11) is -3.87. The summed E-state index contributed by atoms with van der Waals surface area (Å²) < 4.78 is 45.2. The lowest BCUT2D eigenvalue weighted by Crippen LogP contribution is -2.40. The molecule has 3 rings (SSSR count). The molecule has 2 aromatic rings. The summed E-state index contributed by atoms with van der Waals surface area (Å²) in [5.74, 6) is -0.491. The van der Waals surface area contributed by atoms with Crippen LogP contribution in [0.4, 0.5) is 15.8 Å². The number of rotatable bonds is 6. The van der Waals surface area contributed by atoms with Crippen molar-refractivity contribution in [2.45, 2.75) is 17.9 Å². The number of nitro benzene ring substituents is 1. The van der Waals surface area contributed by atoms with Gasteiger partial charge in [-0.2, -0.15) is 4.31 Å². The van der Waals surface area contributed by atoms with Gasteiger partial charge in [0.15, 0.2) is 0 Å². The van der Waals surface area contributed by atoms with Crippen molar-refractivity contribution in [3.63, 3.8) is 0 Å². The molecule has 0 radical (unpaired) electrons. The average Bonchev–Trinajstić information content (AvgIpc) is 2.68. The van der Waals surface area contributed by atoms with Gasteiger partial charge in [0.05, 0.1) is 29.1 Å². The Kier molecular flexibility index (Phi) is 6.37. The molecule has 0 saturated carbocycles. The van der Waals surface area contributed by atoms with Gasteiger partial charge in [0, 0.05) is 24.2 Å². The molecule has 0 spiro atoms. The van der Waals surface area contributed by atoms with E-state index in [2.05, 4.69) is 5.32 Å². The van der Waals surface area contributed by atoms with Gasteiger partial charge in [-0.05, 0) is 36.8 Å². The number of sulfonamides is 1. The van der Waals surface area contributed by atoms with Gasteiger partial charge in [0.25, 0.3) is 5.69 Å². The molecule has 0 amide bonds. The van der Waals surface area contributed by atoms with Gasteiger partial charge in [0.2, 0.25) is 10.0 Å². The molecule has 1 saturated heterocycles. The lowest BCUT2D eigenvalue weighted by atomic mass is 10.1. The first-order valence-electron chi connectivity index (χ1n) is 8.78. The van der Waals surface area contributed by atoms with Crippen LogP contribution in [0.5, 0.6) is 0 Å². The summed E-state index contributed by atoms with van der Waals surface area (Å²) in [6.07, 6.45) is 0. The van der Waals surface area contributed by atoms with Crippen LogP contribution in [0, 0.1) is 15.9 Å². The van der Waals surface area contributed by atoms with Gasteiger partial charge in [-0.15, -0.1) is 0 Å². The number of benzene rings is 2. The minimum absolute atomic E-state index is 0.129. The Balaban J connectivity index is 1.91. The summed E-state index contributed by atoms with van der Waals surface area (Å²) in [6.45, 7) is 2.64. The Hall–Kier alpha value is -2.27. The molecular weight excluding hydrogens is 425 g/mol. The molecule has 0 aromatic heterocycles. The molecule has 1 atom stereocenters. The number of anilines is 1. The highest BCUT2D eigenvalue weighted by molar-refractivity contribution is 7.89. The molecular formula is C18H19ClFN3O5S. The second kappa shape index (κ2) is 8.62. The first kappa shape index (κ1) is 21.4. The van der Waals surface area contributed by atoms with Gasteiger partial charge >= 0.3 is 0 Å². The lowest BCUT2D eigenvalue weighted by Gasteiger charge is -2.26. The first-order chi connectivity index (χ1) is 13.7. The first-order valence-corrected chi connectivity index (χ1v) is 10.6. The van der Waals surface area contributed by atoms with E-state index in [0.29, 0.717) is 5.56 Å². The molecule has 1 N–H and O–H groups in total. The Bertz CT molecular complexity index is 1030. The van der Waals surface area contributed by atoms with Crippen LogP contribution in [0.1, 0.15) is 18.5 Å². The van der Waals surface area contributed by atoms with E-state index >= 15 is 0 Å². The normalized spacial score (nSPS) is 16.4. The number of nitro groups is 1. The SMILES string of the molecule is CC(Nc1ccc(S(=O)(=O)N2CCOCC2)cc1[N+](=O)[O-])c1ccc(F)cc1Cl. The van der Waals surface area contributed by atoms with Crippen molar-refractivity contribution in [3.05, 3.63) is 62.9 Å². The third-order valence-electron chi connectivity index (χ3n) is 4.57. The topological polar surface area (TPSA) is 102 Å². The second-order valence-electron chi connectivity index (χ2n) is 6.48. The quantitative estimate of drug-likeness (QED) is 0.540. The minimum Gasteiger partial charge on any atom is -0.379 e. The monoisotopic (exact) mass is 443 g/mol. The number of halogens is 2. The van der Waals surface area contributed by atoms with Crippen molar-refractivity contribution in [1.82, 2.24) is 4.31 Å². The minimum atomic E-state index is -3.87. The summed E-state index contributed by atoms with van der Waals surface area (Å²) in [5, 5.41) is 14.7. The zero-order chi connectivity index (χ0) is 21.2. The van der Waals surface area contributed by atoms with Gasteiger partial charge in [-0.3, -0.25) is 10.1 Å². The molecule has 1 heterocycles. The van der Waals surface area contributed by atoms with E-state index in [9.17, 15) is 22.9 Å². The molecule has 1 aliphatic rings. The van der Waals surface area contributed by atoms with Crippen LogP contribution in [-0.2, 0) is 14.8 Å². The van der Waals surface area contributed by atoms with Crippen LogP contribution in [0.25, 0.3) is 0 Å². The highest BCUT2D eigenvalue weighted by Crippen LogP contribution is 2.33. The van der Waals surface area contributed by atoms with E-state index in [0.717, 1.165) is 12.1 Å². The third-order valence-corrected chi connectivity index (χ3v) is 6.80. The molecule has 2 aromatic carbocycles. The number of nitrogens with one attached hydrogen (secondary N) is 1. The number of hydrogen-bond acceptors (Lipinski definition) is 6. The number of hydrogen-bond donors (Lipinski definition) is 1. The zero-order valence-electron chi connectivity index (χ0n) is 15.5. The van der Waals surface area contributed by atoms with Gasteiger partial charge in [0.1, 0.15) is 11.5 Å². The van der Waals surface area contributed by atoms with E-state index < -0.39 is 26.8 Å². The molecule has 156 valence electrons. The van der Waals surface area contributed by atoms with Crippen molar-refractivity contribution in [3.8, 4) is 0 Å². The van der Waals surface area contributed by atoms with Gasteiger partial charge < -0.3 is 10.1 Å². The molecule has 0 bridgehead atoms. The Labute approximate surface area is 172 Å². The summed E-state index contributed by atoms with van der Waals surface area (Å²) in [6, 6.07) is 7.10. The van der Waals surface area contributed by atoms with Crippen molar-refractivity contribution in [2.24, 2.45) is 0 Å². The van der Waals surface area contributed by atoms with Gasteiger partial charge in [-0.25, -0.2) is 12.8 Å². The maximum absolute atomic E-state index is 13.3. The Morgan fingerprint density at radius 1 is 1.24 bits per heavy atom. The van der Waals surface area contributed by atoms with E-state index in [1.54, 1.807) is 6.92 Å². The summed E-state index contributed by atoms with van der Waals surface area (Å²) >= 11 is 6.06. The molecule has 1 fully saturated rings. The predicted octanol–water partition coefficient (Wildman–Crippen LogP) is 3.58. The number of morpholine rings is 1. The van der Waals surface area contributed by atoms with Crippen molar-refractivity contribution in [2.75, 3.05) is 31.6 Å². The second-order valence-corrected chi connectivity index (χ2v) is 8.83. The highest BCUT2D eigenvalue weighted by atomic mass is 35.5. The van der Waals surface area contributed by atoms with Crippen molar-refractivity contribution < 1.29 is 22.5 Å². The maximum Gasteiger partial charge on any atom is 0.293 e. The lowest BCUT2D eigenvalue weighted by molar-refractivity contribution is -0.384. The fourth-order valence-corrected chi connectivity index (χ4v) is 4.80. The molecule has 29 heavy (non-hydrogen) atoms. The molecule has 0 aliphatic carbocycles. The van der Waals surface area contributed by atoms with Crippen LogP contribution in [0.2, 0.25) is 5.02 Å². The standard InChI is InChI=1S/C18H19ClFN3O5S/c1-12(15-4-2-13(20)10-16(15)19)21-17-5-3-14(11-18(17)23(24)25)29(26,27)22-6-8-28-9-7-22/h2-5,10-12,21H,6-9H2,1H3. The van der Waals surface area contributed by atoms with Crippen LogP contribution >= 0.6 is 11.6 Å². The van der Waals surface area contributed by atoms with Crippen LogP contribution in [0.3, 0.4) is 0 Å². The van der Waals surface area contributed by atoms with Crippen LogP contribution < -0.4 is 5.32 Å². The van der Waals surface area contributed by atoms with Crippen LogP contribution in [0.15, 0.2) is 41.3 Å². The third kappa shape index (κ3) is 4.67. The molecule has 1 unspecified atom stereocenters. The highest BCUT2D eigenvalue weighted by Gasteiger charge is 2.29. The predicted molar refractivity (Wildman–Crippen MR) is 106 cm³/mol. The van der Waals surface area contributed by atoms with E-state index in [1.165, 1.54) is 28.6 Å².